The van der Waals surface area contributed by atoms with Crippen LogP contribution in [0.1, 0.15) is 41.3 Å². The fraction of sp³-hybridized carbons (Fsp3) is 0.240. The average molecular weight is 443 g/mol. The lowest BCUT2D eigenvalue weighted by Crippen LogP contribution is -2.35. The third kappa shape index (κ3) is 3.89. The summed E-state index contributed by atoms with van der Waals surface area (Å²) in [7, 11) is 1.65. The van der Waals surface area contributed by atoms with Crippen LogP contribution in [-0.2, 0) is 12.1 Å². The molecule has 1 aliphatic heterocycles. The van der Waals surface area contributed by atoms with Crippen molar-refractivity contribution in [2.24, 2.45) is 0 Å². The summed E-state index contributed by atoms with van der Waals surface area (Å²) in [6.07, 6.45) is 8.91. The minimum Gasteiger partial charge on any atom is -0.495 e. The first-order valence-electron chi connectivity index (χ1n) is 10.9. The molecular weight excluding hydrogens is 416 g/mol. The number of aryl methyl sites for hydroxylation is 2. The van der Waals surface area contributed by atoms with Gasteiger partial charge < -0.3 is 20.1 Å². The van der Waals surface area contributed by atoms with E-state index in [1.54, 1.807) is 30.3 Å². The zero-order chi connectivity index (χ0) is 23.0. The van der Waals surface area contributed by atoms with E-state index in [9.17, 15) is 5.11 Å². The number of fused-ring (bicyclic) bond motifs is 1. The molecule has 168 valence electrons. The summed E-state index contributed by atoms with van der Waals surface area (Å²) in [6.45, 7) is 2.67. The van der Waals surface area contributed by atoms with Crippen LogP contribution in [0.15, 0.2) is 55.0 Å². The third-order valence-corrected chi connectivity index (χ3v) is 5.97. The van der Waals surface area contributed by atoms with Gasteiger partial charge in [-0.05, 0) is 61.2 Å². The van der Waals surface area contributed by atoms with Gasteiger partial charge in [-0.25, -0.2) is 14.6 Å². The number of ether oxygens (including phenoxy) is 1. The summed E-state index contributed by atoms with van der Waals surface area (Å²) in [5, 5.41) is 16.1. The average Bonchev–Trinajstić information content (AvgIpc) is 3.45. The van der Waals surface area contributed by atoms with E-state index in [4.69, 9.17) is 10.5 Å². The molecule has 3 heterocycles. The summed E-state index contributed by atoms with van der Waals surface area (Å²) in [4.78, 5) is 8.95. The van der Waals surface area contributed by atoms with Gasteiger partial charge in [0, 0.05) is 18.4 Å². The quantitative estimate of drug-likeness (QED) is 0.458. The minimum absolute atomic E-state index is 0.550. The molecule has 0 spiro atoms. The number of rotatable bonds is 5. The molecule has 2 aromatic carbocycles. The van der Waals surface area contributed by atoms with E-state index in [1.807, 2.05) is 60.2 Å². The van der Waals surface area contributed by atoms with E-state index in [0.29, 0.717) is 23.8 Å². The fourth-order valence-electron chi connectivity index (χ4n) is 4.26. The molecule has 0 saturated carbocycles. The predicted octanol–water partition coefficient (Wildman–Crippen LogP) is 3.56. The van der Waals surface area contributed by atoms with Crippen molar-refractivity contribution in [2.75, 3.05) is 12.8 Å². The molecule has 0 aliphatic carbocycles. The number of hydrogen-bond donors (Lipinski definition) is 2. The molecule has 0 radical (unpaired) electrons. The topological polar surface area (TPSA) is 104 Å². The zero-order valence-corrected chi connectivity index (χ0v) is 18.6. The van der Waals surface area contributed by atoms with Gasteiger partial charge in [-0.3, -0.25) is 0 Å². The smallest absolute Gasteiger partial charge is 0.174 e. The van der Waals surface area contributed by atoms with Gasteiger partial charge in [0.15, 0.2) is 11.6 Å². The van der Waals surface area contributed by atoms with E-state index < -0.39 is 5.60 Å². The second-order valence-corrected chi connectivity index (χ2v) is 8.29. The highest BCUT2D eigenvalue weighted by atomic mass is 16.5. The summed E-state index contributed by atoms with van der Waals surface area (Å²) in [5.41, 5.74) is 8.88. The molecule has 0 bridgehead atoms. The van der Waals surface area contributed by atoms with E-state index >= 15 is 0 Å². The number of imidazole rings is 1. The normalized spacial score (nSPS) is 17.9. The Balaban J connectivity index is 1.43. The van der Waals surface area contributed by atoms with Crippen LogP contribution < -0.4 is 10.5 Å². The molecule has 1 aliphatic rings. The maximum Gasteiger partial charge on any atom is 0.174 e. The highest BCUT2D eigenvalue weighted by Crippen LogP contribution is 2.37. The molecule has 8 nitrogen and oxygen atoms in total. The van der Waals surface area contributed by atoms with Gasteiger partial charge in [0.05, 0.1) is 24.8 Å². The third-order valence-electron chi connectivity index (χ3n) is 5.97. The molecule has 3 N–H and O–H groups in total. The van der Waals surface area contributed by atoms with Crippen LogP contribution in [0.2, 0.25) is 0 Å². The highest BCUT2D eigenvalue weighted by molar-refractivity contribution is 5.69. The second kappa shape index (κ2) is 8.22. The number of anilines is 1. The summed E-state index contributed by atoms with van der Waals surface area (Å²) in [6, 6.07) is 13.3. The van der Waals surface area contributed by atoms with Crippen molar-refractivity contribution < 1.29 is 9.84 Å². The number of hydrogen-bond acceptors (Lipinski definition) is 6. The van der Waals surface area contributed by atoms with Crippen LogP contribution in [0.3, 0.4) is 0 Å². The number of benzene rings is 2. The van der Waals surface area contributed by atoms with Gasteiger partial charge in [-0.1, -0.05) is 24.3 Å². The Morgan fingerprint density at radius 3 is 2.70 bits per heavy atom. The minimum atomic E-state index is -1.18. The maximum absolute atomic E-state index is 11.5. The molecule has 0 unspecified atom stereocenters. The largest absolute Gasteiger partial charge is 0.495 e. The van der Waals surface area contributed by atoms with Crippen molar-refractivity contribution in [3.05, 3.63) is 83.5 Å². The molecule has 5 rings (SSSR count). The lowest BCUT2D eigenvalue weighted by Gasteiger charge is -2.31. The van der Waals surface area contributed by atoms with Crippen molar-refractivity contribution in [3.63, 3.8) is 0 Å². The van der Waals surface area contributed by atoms with Gasteiger partial charge in [0.25, 0.3) is 0 Å². The molecule has 33 heavy (non-hydrogen) atoms. The van der Waals surface area contributed by atoms with Gasteiger partial charge in [-0.2, -0.15) is 5.10 Å². The Morgan fingerprint density at radius 2 is 1.97 bits per heavy atom. The van der Waals surface area contributed by atoms with Crippen LogP contribution >= 0.6 is 0 Å². The Morgan fingerprint density at radius 1 is 1.15 bits per heavy atom. The molecule has 2 aromatic heterocycles. The van der Waals surface area contributed by atoms with Crippen LogP contribution in [0.4, 0.5) is 5.69 Å². The molecule has 0 saturated heterocycles. The van der Waals surface area contributed by atoms with Crippen LogP contribution in [-0.4, -0.2) is 36.5 Å². The molecule has 0 amide bonds. The number of nitrogen functional groups attached to an aromatic ring is 1. The molecule has 8 heteroatoms. The number of aliphatic hydroxyl groups is 1. The lowest BCUT2D eigenvalue weighted by atomic mass is 9.86. The van der Waals surface area contributed by atoms with Crippen LogP contribution in [0.25, 0.3) is 17.8 Å². The number of methoxy groups -OCH3 is 1. The summed E-state index contributed by atoms with van der Waals surface area (Å²) in [5.74, 6) is 1.85. The van der Waals surface area contributed by atoms with Crippen LogP contribution in [0.5, 0.6) is 5.75 Å². The Bertz CT molecular complexity index is 1320. The fourth-order valence-corrected chi connectivity index (χ4v) is 4.26. The first-order chi connectivity index (χ1) is 16.0. The standard InChI is InChI=1S/C25H26N6O2/c1-17-15-30(16-27-17)21-10-4-18(14-22(21)33-2)5-11-23-28-24-25(32,12-3-13-31(24)29-23)19-6-8-20(26)9-7-19/h4-11,14-16,32H,3,12-13,26H2,1-2H3/b11-5+/t25-/m1/s1. The van der Waals surface area contributed by atoms with Crippen molar-refractivity contribution in [1.82, 2.24) is 24.3 Å². The summed E-state index contributed by atoms with van der Waals surface area (Å²) < 4.78 is 9.32. The Labute approximate surface area is 192 Å². The first-order valence-corrected chi connectivity index (χ1v) is 10.9. The van der Waals surface area contributed by atoms with E-state index in [0.717, 1.165) is 41.2 Å². The van der Waals surface area contributed by atoms with E-state index in [2.05, 4.69) is 15.1 Å². The highest BCUT2D eigenvalue weighted by Gasteiger charge is 2.39. The van der Waals surface area contributed by atoms with Gasteiger partial charge in [0.1, 0.15) is 11.4 Å². The second-order valence-electron chi connectivity index (χ2n) is 8.29. The van der Waals surface area contributed by atoms with Crippen LogP contribution in [0, 0.1) is 6.92 Å². The molecule has 4 aromatic rings. The summed E-state index contributed by atoms with van der Waals surface area (Å²) >= 11 is 0. The SMILES string of the molecule is COc1cc(/C=C/c2nc3n(n2)CCC[C@@]3(O)c2ccc(N)cc2)ccc1-n1cnc(C)c1. The van der Waals surface area contributed by atoms with Gasteiger partial charge >= 0.3 is 0 Å². The Kier molecular flexibility index (Phi) is 5.22. The van der Waals surface area contributed by atoms with Crippen molar-refractivity contribution in [3.8, 4) is 11.4 Å². The predicted molar refractivity (Wildman–Crippen MR) is 127 cm³/mol. The number of aromatic nitrogens is 5. The first kappa shape index (κ1) is 21.0. The van der Waals surface area contributed by atoms with E-state index in [-0.39, 0.29) is 0 Å². The zero-order valence-electron chi connectivity index (χ0n) is 18.6. The van der Waals surface area contributed by atoms with Crippen molar-refractivity contribution in [1.29, 1.82) is 0 Å². The van der Waals surface area contributed by atoms with Crippen molar-refractivity contribution in [2.45, 2.75) is 31.9 Å². The molecule has 1 atom stereocenters. The maximum atomic E-state index is 11.5. The monoisotopic (exact) mass is 442 g/mol. The molecular formula is C25H26N6O2. The van der Waals surface area contributed by atoms with Gasteiger partial charge in [-0.15, -0.1) is 0 Å². The molecule has 0 fully saturated rings. The lowest BCUT2D eigenvalue weighted by molar-refractivity contribution is 0.0395. The van der Waals surface area contributed by atoms with Gasteiger partial charge in [0.2, 0.25) is 0 Å². The number of nitrogens with zero attached hydrogens (tertiary/aromatic N) is 5. The number of nitrogens with two attached hydrogens (primary N) is 1. The van der Waals surface area contributed by atoms with Crippen molar-refractivity contribution >= 4 is 17.8 Å². The Hall–Kier alpha value is -3.91. The van der Waals surface area contributed by atoms with E-state index in [1.165, 1.54) is 0 Å².